The van der Waals surface area contributed by atoms with Crippen LogP contribution in [0.4, 0.5) is 0 Å². The highest BCUT2D eigenvalue weighted by Crippen LogP contribution is 1.88. The molecule has 0 rings (SSSR count). The zero-order valence-electron chi connectivity index (χ0n) is 8.35. The van der Waals surface area contributed by atoms with E-state index in [1.807, 2.05) is 20.9 Å². The molecule has 0 fully saturated rings. The summed E-state index contributed by atoms with van der Waals surface area (Å²) in [6.07, 6.45) is 2.62. The van der Waals surface area contributed by atoms with Crippen LogP contribution in [0, 0.1) is 0 Å². The zero-order valence-corrected chi connectivity index (χ0v) is 8.35. The number of amides is 1. The van der Waals surface area contributed by atoms with Crippen molar-refractivity contribution in [2.24, 2.45) is 0 Å². The Bertz CT molecular complexity index is 171. The standard InChI is InChI=1S/C9H18N2O/c1-5-6-11(4)10-9(12)7-8(2)3/h7H,5-6H2,1-4H3,(H,10,12). The lowest BCUT2D eigenvalue weighted by Crippen LogP contribution is -2.38. The first-order valence-electron chi connectivity index (χ1n) is 4.23. The SMILES string of the molecule is CCCN(C)NC(=O)C=C(C)C. The largest absolute Gasteiger partial charge is 0.286 e. The van der Waals surface area contributed by atoms with Crippen molar-refractivity contribution >= 4 is 5.91 Å². The van der Waals surface area contributed by atoms with Crippen LogP contribution in [0.3, 0.4) is 0 Å². The molecule has 0 atom stereocenters. The van der Waals surface area contributed by atoms with Crippen LogP contribution in [-0.2, 0) is 4.79 Å². The van der Waals surface area contributed by atoms with E-state index in [2.05, 4.69) is 12.3 Å². The Morgan fingerprint density at radius 2 is 2.08 bits per heavy atom. The first kappa shape index (κ1) is 11.2. The van der Waals surface area contributed by atoms with Gasteiger partial charge in [0, 0.05) is 19.7 Å². The van der Waals surface area contributed by atoms with Gasteiger partial charge < -0.3 is 0 Å². The smallest absolute Gasteiger partial charge is 0.258 e. The van der Waals surface area contributed by atoms with E-state index in [0.717, 1.165) is 18.5 Å². The average molecular weight is 170 g/mol. The van der Waals surface area contributed by atoms with Gasteiger partial charge in [0.2, 0.25) is 0 Å². The molecule has 0 unspecified atom stereocenters. The summed E-state index contributed by atoms with van der Waals surface area (Å²) in [6, 6.07) is 0. The Balaban J connectivity index is 3.77. The van der Waals surface area contributed by atoms with E-state index in [-0.39, 0.29) is 5.91 Å². The van der Waals surface area contributed by atoms with Crippen molar-refractivity contribution in [3.63, 3.8) is 0 Å². The van der Waals surface area contributed by atoms with Crippen molar-refractivity contribution in [3.05, 3.63) is 11.6 Å². The second kappa shape index (κ2) is 5.77. The van der Waals surface area contributed by atoms with Gasteiger partial charge in [0.1, 0.15) is 0 Å². The summed E-state index contributed by atoms with van der Waals surface area (Å²) in [6.45, 7) is 6.75. The number of nitrogens with zero attached hydrogens (tertiary/aromatic N) is 1. The molecule has 0 aromatic carbocycles. The fourth-order valence-corrected chi connectivity index (χ4v) is 0.874. The molecule has 0 radical (unpaired) electrons. The second-order valence-corrected chi connectivity index (χ2v) is 3.12. The second-order valence-electron chi connectivity index (χ2n) is 3.12. The maximum absolute atomic E-state index is 11.1. The highest BCUT2D eigenvalue weighted by Gasteiger charge is 1.99. The number of hydrazine groups is 1. The van der Waals surface area contributed by atoms with E-state index >= 15 is 0 Å². The molecule has 0 saturated heterocycles. The lowest BCUT2D eigenvalue weighted by molar-refractivity contribution is -0.120. The predicted molar refractivity (Wildman–Crippen MR) is 50.5 cm³/mol. The maximum atomic E-state index is 11.1. The van der Waals surface area contributed by atoms with Gasteiger partial charge in [0.15, 0.2) is 0 Å². The molecule has 0 aliphatic heterocycles. The van der Waals surface area contributed by atoms with E-state index < -0.39 is 0 Å². The van der Waals surface area contributed by atoms with Gasteiger partial charge in [-0.25, -0.2) is 5.01 Å². The Morgan fingerprint density at radius 1 is 1.50 bits per heavy atom. The third-order valence-corrected chi connectivity index (χ3v) is 1.28. The number of carbonyl (C=O) groups excluding carboxylic acids is 1. The maximum Gasteiger partial charge on any atom is 0.258 e. The molecular weight excluding hydrogens is 152 g/mol. The summed E-state index contributed by atoms with van der Waals surface area (Å²) < 4.78 is 0. The predicted octanol–water partition coefficient (Wildman–Crippen LogP) is 1.33. The molecule has 0 spiro atoms. The van der Waals surface area contributed by atoms with E-state index in [4.69, 9.17) is 0 Å². The van der Waals surface area contributed by atoms with E-state index in [1.54, 1.807) is 11.1 Å². The van der Waals surface area contributed by atoms with Crippen LogP contribution in [0.25, 0.3) is 0 Å². The Hall–Kier alpha value is -0.830. The minimum absolute atomic E-state index is 0.0500. The zero-order chi connectivity index (χ0) is 9.56. The van der Waals surface area contributed by atoms with Gasteiger partial charge in [-0.2, -0.15) is 0 Å². The summed E-state index contributed by atoms with van der Waals surface area (Å²) in [5.74, 6) is -0.0500. The molecule has 12 heavy (non-hydrogen) atoms. The summed E-state index contributed by atoms with van der Waals surface area (Å²) >= 11 is 0. The van der Waals surface area contributed by atoms with Crippen molar-refractivity contribution in [1.29, 1.82) is 0 Å². The van der Waals surface area contributed by atoms with Gasteiger partial charge in [-0.15, -0.1) is 0 Å². The lowest BCUT2D eigenvalue weighted by Gasteiger charge is -2.15. The first-order chi connectivity index (χ1) is 5.56. The van der Waals surface area contributed by atoms with Gasteiger partial charge in [-0.1, -0.05) is 12.5 Å². The van der Waals surface area contributed by atoms with Crippen molar-refractivity contribution < 1.29 is 4.79 Å². The summed E-state index contributed by atoms with van der Waals surface area (Å²) in [7, 11) is 1.86. The molecule has 0 aromatic heterocycles. The summed E-state index contributed by atoms with van der Waals surface area (Å²) in [4.78, 5) is 11.1. The first-order valence-corrected chi connectivity index (χ1v) is 4.23. The van der Waals surface area contributed by atoms with Crippen LogP contribution in [0.2, 0.25) is 0 Å². The normalized spacial score (nSPS) is 9.75. The number of allylic oxidation sites excluding steroid dienone is 1. The monoisotopic (exact) mass is 170 g/mol. The topological polar surface area (TPSA) is 32.3 Å². The molecular formula is C9H18N2O. The van der Waals surface area contributed by atoms with Crippen molar-refractivity contribution in [2.45, 2.75) is 27.2 Å². The van der Waals surface area contributed by atoms with Gasteiger partial charge in [-0.3, -0.25) is 10.2 Å². The van der Waals surface area contributed by atoms with Gasteiger partial charge in [-0.05, 0) is 20.3 Å². The Kier molecular flexibility index (Phi) is 5.37. The van der Waals surface area contributed by atoms with Crippen LogP contribution in [0.1, 0.15) is 27.2 Å². The molecule has 3 heteroatoms. The number of carbonyl (C=O) groups is 1. The number of rotatable bonds is 4. The minimum Gasteiger partial charge on any atom is -0.286 e. The fourth-order valence-electron chi connectivity index (χ4n) is 0.874. The highest BCUT2D eigenvalue weighted by molar-refractivity contribution is 5.87. The molecule has 0 aliphatic carbocycles. The average Bonchev–Trinajstić information content (AvgIpc) is 1.84. The van der Waals surface area contributed by atoms with Crippen LogP contribution >= 0.6 is 0 Å². The van der Waals surface area contributed by atoms with Gasteiger partial charge in [0.05, 0.1) is 0 Å². The Labute approximate surface area is 74.4 Å². The van der Waals surface area contributed by atoms with E-state index in [9.17, 15) is 4.79 Å². The quantitative estimate of drug-likeness (QED) is 0.510. The summed E-state index contributed by atoms with van der Waals surface area (Å²) in [5, 5.41) is 1.79. The van der Waals surface area contributed by atoms with Crippen molar-refractivity contribution in [2.75, 3.05) is 13.6 Å². The van der Waals surface area contributed by atoms with Crippen molar-refractivity contribution in [1.82, 2.24) is 10.4 Å². The minimum atomic E-state index is -0.0500. The highest BCUT2D eigenvalue weighted by atomic mass is 16.2. The fraction of sp³-hybridized carbons (Fsp3) is 0.667. The molecule has 0 heterocycles. The number of hydrogen-bond donors (Lipinski definition) is 1. The molecule has 0 bridgehead atoms. The van der Waals surface area contributed by atoms with Crippen molar-refractivity contribution in [3.8, 4) is 0 Å². The third-order valence-electron chi connectivity index (χ3n) is 1.28. The molecule has 0 aliphatic rings. The molecule has 70 valence electrons. The Morgan fingerprint density at radius 3 is 2.50 bits per heavy atom. The van der Waals surface area contributed by atoms with E-state index in [1.165, 1.54) is 0 Å². The van der Waals surface area contributed by atoms with Gasteiger partial charge in [0.25, 0.3) is 5.91 Å². The number of nitrogens with one attached hydrogen (secondary N) is 1. The third kappa shape index (κ3) is 5.92. The molecule has 0 aromatic rings. The molecule has 1 N–H and O–H groups in total. The van der Waals surface area contributed by atoms with Gasteiger partial charge >= 0.3 is 0 Å². The molecule has 0 saturated carbocycles. The lowest BCUT2D eigenvalue weighted by atomic mass is 10.3. The van der Waals surface area contributed by atoms with E-state index in [0.29, 0.717) is 0 Å². The van der Waals surface area contributed by atoms with Crippen LogP contribution in [-0.4, -0.2) is 24.5 Å². The number of hydrogen-bond acceptors (Lipinski definition) is 2. The van der Waals surface area contributed by atoms with Crippen LogP contribution in [0.15, 0.2) is 11.6 Å². The van der Waals surface area contributed by atoms with Crippen LogP contribution < -0.4 is 5.43 Å². The molecule has 3 nitrogen and oxygen atoms in total. The molecule has 1 amide bonds. The summed E-state index contributed by atoms with van der Waals surface area (Å²) in [5.41, 5.74) is 3.74. The van der Waals surface area contributed by atoms with Crippen LogP contribution in [0.5, 0.6) is 0 Å².